The zero-order valence-corrected chi connectivity index (χ0v) is 6.20. The van der Waals surface area contributed by atoms with Crippen LogP contribution >= 0.6 is 0 Å². The van der Waals surface area contributed by atoms with Gasteiger partial charge < -0.3 is 9.63 Å². The summed E-state index contributed by atoms with van der Waals surface area (Å²) in [6, 6.07) is 0. The maximum atomic E-state index is 10.5. The monoisotopic (exact) mass is 155 g/mol. The maximum absolute atomic E-state index is 10.5. The van der Waals surface area contributed by atoms with E-state index in [0.29, 0.717) is 12.1 Å². The van der Waals surface area contributed by atoms with E-state index in [1.807, 2.05) is 6.92 Å². The number of carboxylic acids is 1. The highest BCUT2D eigenvalue weighted by Crippen LogP contribution is 2.08. The molecule has 0 aliphatic rings. The molecular weight excluding hydrogens is 146 g/mol. The molecule has 0 fully saturated rings. The van der Waals surface area contributed by atoms with Gasteiger partial charge in [-0.2, -0.15) is 0 Å². The first-order valence-corrected chi connectivity index (χ1v) is 3.42. The first kappa shape index (κ1) is 7.78. The van der Waals surface area contributed by atoms with Gasteiger partial charge in [0.15, 0.2) is 0 Å². The van der Waals surface area contributed by atoms with Crippen LogP contribution in [0.5, 0.6) is 0 Å². The molecule has 0 atom stereocenters. The molecule has 0 aliphatic heterocycles. The number of hydrogen-bond acceptors (Lipinski definition) is 3. The molecule has 1 N–H and O–H groups in total. The highest BCUT2D eigenvalue weighted by Gasteiger charge is 2.12. The number of aryl methyl sites for hydroxylation is 1. The smallest absolute Gasteiger partial charge is 0.340 e. The number of nitrogens with zero attached hydrogens (tertiary/aromatic N) is 1. The largest absolute Gasteiger partial charge is 0.478 e. The zero-order chi connectivity index (χ0) is 8.27. The Bertz CT molecular complexity index is 254. The molecule has 0 saturated heterocycles. The normalized spacial score (nSPS) is 9.91. The van der Waals surface area contributed by atoms with Crippen molar-refractivity contribution in [1.29, 1.82) is 0 Å². The summed E-state index contributed by atoms with van der Waals surface area (Å²) in [5, 5.41) is 12.2. The van der Waals surface area contributed by atoms with Gasteiger partial charge in [-0.1, -0.05) is 18.5 Å². The van der Waals surface area contributed by atoms with Crippen LogP contribution in [0.1, 0.15) is 29.4 Å². The van der Waals surface area contributed by atoms with Gasteiger partial charge in [0.2, 0.25) is 0 Å². The molecule has 4 heteroatoms. The molecule has 0 spiro atoms. The summed E-state index contributed by atoms with van der Waals surface area (Å²) in [5.41, 5.74) is 0.701. The van der Waals surface area contributed by atoms with Gasteiger partial charge in [0, 0.05) is 0 Å². The van der Waals surface area contributed by atoms with Gasteiger partial charge >= 0.3 is 5.97 Å². The number of carbonyl (C=O) groups is 1. The van der Waals surface area contributed by atoms with Crippen molar-refractivity contribution in [1.82, 2.24) is 5.16 Å². The molecule has 0 amide bonds. The van der Waals surface area contributed by atoms with Crippen molar-refractivity contribution in [2.45, 2.75) is 19.8 Å². The lowest BCUT2D eigenvalue weighted by Crippen LogP contribution is -1.99. The van der Waals surface area contributed by atoms with Crippen molar-refractivity contribution in [3.63, 3.8) is 0 Å². The number of carboxylic acid groups (broad SMARTS) is 1. The van der Waals surface area contributed by atoms with E-state index in [2.05, 4.69) is 9.68 Å². The minimum absolute atomic E-state index is 0.173. The van der Waals surface area contributed by atoms with Crippen LogP contribution < -0.4 is 0 Å². The molecule has 60 valence electrons. The number of aromatic nitrogens is 1. The second-order valence-electron chi connectivity index (χ2n) is 2.23. The Morgan fingerprint density at radius 3 is 3.09 bits per heavy atom. The van der Waals surface area contributed by atoms with Crippen LogP contribution in [-0.4, -0.2) is 16.2 Å². The Morgan fingerprint density at radius 1 is 1.82 bits per heavy atom. The van der Waals surface area contributed by atoms with Gasteiger partial charge in [-0.15, -0.1) is 0 Å². The average Bonchev–Trinajstić information content (AvgIpc) is 2.36. The minimum Gasteiger partial charge on any atom is -0.478 e. The standard InChI is InChI=1S/C7H9NO3/c1-2-3-6-5(7(9)10)4-11-8-6/h4H,2-3H2,1H3,(H,9,10). The maximum Gasteiger partial charge on any atom is 0.340 e. The van der Waals surface area contributed by atoms with Crippen LogP contribution in [0.25, 0.3) is 0 Å². The number of rotatable bonds is 3. The molecule has 0 unspecified atom stereocenters. The highest BCUT2D eigenvalue weighted by molar-refractivity contribution is 5.88. The topological polar surface area (TPSA) is 63.3 Å². The molecule has 1 heterocycles. The van der Waals surface area contributed by atoms with E-state index in [-0.39, 0.29) is 5.56 Å². The van der Waals surface area contributed by atoms with E-state index >= 15 is 0 Å². The van der Waals surface area contributed by atoms with E-state index in [1.165, 1.54) is 0 Å². The Labute approximate surface area is 63.8 Å². The van der Waals surface area contributed by atoms with E-state index in [0.717, 1.165) is 12.7 Å². The fourth-order valence-electron chi connectivity index (χ4n) is 0.851. The lowest BCUT2D eigenvalue weighted by Gasteiger charge is -1.90. The third kappa shape index (κ3) is 1.58. The van der Waals surface area contributed by atoms with Gasteiger partial charge in [-0.25, -0.2) is 4.79 Å². The summed E-state index contributed by atoms with van der Waals surface area (Å²) in [4.78, 5) is 10.5. The number of aromatic carboxylic acids is 1. The summed E-state index contributed by atoms with van der Waals surface area (Å²) < 4.78 is 4.53. The molecule has 0 bridgehead atoms. The summed E-state index contributed by atoms with van der Waals surface area (Å²) >= 11 is 0. The summed E-state index contributed by atoms with van der Waals surface area (Å²) in [6.45, 7) is 1.96. The van der Waals surface area contributed by atoms with Gasteiger partial charge in [-0.3, -0.25) is 0 Å². The van der Waals surface area contributed by atoms with Crippen molar-refractivity contribution >= 4 is 5.97 Å². The molecule has 11 heavy (non-hydrogen) atoms. The lowest BCUT2D eigenvalue weighted by atomic mass is 10.2. The predicted molar refractivity (Wildman–Crippen MR) is 37.5 cm³/mol. The first-order chi connectivity index (χ1) is 5.25. The van der Waals surface area contributed by atoms with Crippen LogP contribution in [0.3, 0.4) is 0 Å². The Balaban J connectivity index is 2.87. The lowest BCUT2D eigenvalue weighted by molar-refractivity contribution is 0.0695. The third-order valence-electron chi connectivity index (χ3n) is 1.36. The van der Waals surface area contributed by atoms with Gasteiger partial charge in [0.1, 0.15) is 11.8 Å². The van der Waals surface area contributed by atoms with Crippen molar-refractivity contribution in [3.05, 3.63) is 17.5 Å². The Kier molecular flexibility index (Phi) is 2.25. The van der Waals surface area contributed by atoms with Crippen molar-refractivity contribution in [2.75, 3.05) is 0 Å². The van der Waals surface area contributed by atoms with Gasteiger partial charge in [0.05, 0.1) is 5.69 Å². The van der Waals surface area contributed by atoms with E-state index < -0.39 is 5.97 Å². The Morgan fingerprint density at radius 2 is 2.55 bits per heavy atom. The molecule has 4 nitrogen and oxygen atoms in total. The molecule has 1 rings (SSSR count). The quantitative estimate of drug-likeness (QED) is 0.715. The molecule has 0 aromatic carbocycles. The van der Waals surface area contributed by atoms with Crippen LogP contribution in [0, 0.1) is 0 Å². The summed E-state index contributed by atoms with van der Waals surface area (Å²) in [7, 11) is 0. The van der Waals surface area contributed by atoms with Crippen molar-refractivity contribution in [3.8, 4) is 0 Å². The molecular formula is C7H9NO3. The fourth-order valence-corrected chi connectivity index (χ4v) is 0.851. The average molecular weight is 155 g/mol. The highest BCUT2D eigenvalue weighted by atomic mass is 16.5. The number of hydrogen-bond donors (Lipinski definition) is 1. The minimum atomic E-state index is -0.977. The first-order valence-electron chi connectivity index (χ1n) is 3.42. The molecule has 0 radical (unpaired) electrons. The summed E-state index contributed by atoms with van der Waals surface area (Å²) in [6.07, 6.45) is 2.68. The third-order valence-corrected chi connectivity index (χ3v) is 1.36. The molecule has 1 aromatic heterocycles. The van der Waals surface area contributed by atoms with Crippen LogP contribution in [0.4, 0.5) is 0 Å². The van der Waals surface area contributed by atoms with Gasteiger partial charge in [0.25, 0.3) is 0 Å². The van der Waals surface area contributed by atoms with Crippen molar-refractivity contribution < 1.29 is 14.4 Å². The van der Waals surface area contributed by atoms with E-state index in [4.69, 9.17) is 5.11 Å². The van der Waals surface area contributed by atoms with E-state index in [1.54, 1.807) is 0 Å². The SMILES string of the molecule is CCCc1nocc1C(=O)O. The molecule has 0 saturated carbocycles. The second kappa shape index (κ2) is 3.18. The second-order valence-corrected chi connectivity index (χ2v) is 2.23. The van der Waals surface area contributed by atoms with Crippen LogP contribution in [0.15, 0.2) is 10.8 Å². The van der Waals surface area contributed by atoms with E-state index in [9.17, 15) is 4.79 Å². The Hall–Kier alpha value is -1.32. The molecule has 1 aromatic rings. The zero-order valence-electron chi connectivity index (χ0n) is 6.20. The summed E-state index contributed by atoms with van der Waals surface area (Å²) in [5.74, 6) is -0.977. The fraction of sp³-hybridized carbons (Fsp3) is 0.429. The predicted octanol–water partition coefficient (Wildman–Crippen LogP) is 1.33. The van der Waals surface area contributed by atoms with Crippen LogP contribution in [0.2, 0.25) is 0 Å². The molecule has 0 aliphatic carbocycles. The van der Waals surface area contributed by atoms with Crippen molar-refractivity contribution in [2.24, 2.45) is 0 Å². The van der Waals surface area contributed by atoms with Gasteiger partial charge in [-0.05, 0) is 6.42 Å². The van der Waals surface area contributed by atoms with Crippen LogP contribution in [-0.2, 0) is 6.42 Å².